The Morgan fingerprint density at radius 2 is 2.09 bits per heavy atom. The predicted molar refractivity (Wildman–Crippen MR) is 82.2 cm³/mol. The van der Waals surface area contributed by atoms with Gasteiger partial charge in [-0.1, -0.05) is 0 Å². The minimum absolute atomic E-state index is 0.0626. The SMILES string of the molecule is CCOc1ccc(S(=O)(=O)N2CC3CC2CS3(=O)=O)cc1C. The minimum Gasteiger partial charge on any atom is -0.494 e. The third-order valence-electron chi connectivity index (χ3n) is 4.31. The number of sulfonamides is 1. The highest BCUT2D eigenvalue weighted by atomic mass is 32.2. The van der Waals surface area contributed by atoms with E-state index in [-0.39, 0.29) is 17.2 Å². The molecule has 0 aliphatic carbocycles. The first-order chi connectivity index (χ1) is 10.3. The Hall–Kier alpha value is -1.12. The molecule has 1 aromatic rings. The second-order valence-electron chi connectivity index (χ2n) is 5.78. The zero-order chi connectivity index (χ0) is 16.1. The number of fused-ring (bicyclic) bond motifs is 2. The molecule has 2 unspecified atom stereocenters. The van der Waals surface area contributed by atoms with Crippen LogP contribution in [-0.4, -0.2) is 51.3 Å². The van der Waals surface area contributed by atoms with Crippen LogP contribution in [0.2, 0.25) is 0 Å². The van der Waals surface area contributed by atoms with Gasteiger partial charge in [0.1, 0.15) is 5.75 Å². The van der Waals surface area contributed by atoms with E-state index in [4.69, 9.17) is 4.74 Å². The Labute approximate surface area is 131 Å². The van der Waals surface area contributed by atoms with Crippen molar-refractivity contribution in [2.75, 3.05) is 18.9 Å². The van der Waals surface area contributed by atoms with E-state index in [1.165, 1.54) is 10.4 Å². The summed E-state index contributed by atoms with van der Waals surface area (Å²) in [4.78, 5) is 0.193. The van der Waals surface area contributed by atoms with Crippen LogP contribution in [0.5, 0.6) is 5.75 Å². The minimum atomic E-state index is -3.66. The summed E-state index contributed by atoms with van der Waals surface area (Å²) >= 11 is 0. The van der Waals surface area contributed by atoms with Gasteiger partial charge < -0.3 is 4.74 Å². The van der Waals surface area contributed by atoms with Crippen LogP contribution in [-0.2, 0) is 19.9 Å². The van der Waals surface area contributed by atoms with Gasteiger partial charge in [0.05, 0.1) is 22.5 Å². The maximum absolute atomic E-state index is 12.7. The van der Waals surface area contributed by atoms with Gasteiger partial charge in [-0.25, -0.2) is 16.8 Å². The summed E-state index contributed by atoms with van der Waals surface area (Å²) in [5, 5.41) is -0.545. The monoisotopic (exact) mass is 345 g/mol. The summed E-state index contributed by atoms with van der Waals surface area (Å²) in [6.45, 7) is 4.25. The lowest BCUT2D eigenvalue weighted by atomic mass is 10.2. The van der Waals surface area contributed by atoms with Gasteiger partial charge in [0.25, 0.3) is 0 Å². The molecule has 1 aromatic carbocycles. The van der Waals surface area contributed by atoms with Gasteiger partial charge in [0, 0.05) is 12.6 Å². The van der Waals surface area contributed by atoms with Gasteiger partial charge in [-0.15, -0.1) is 0 Å². The van der Waals surface area contributed by atoms with Crippen molar-refractivity contribution in [2.45, 2.75) is 36.5 Å². The first-order valence-corrected chi connectivity index (χ1v) is 10.4. The van der Waals surface area contributed by atoms with Crippen molar-refractivity contribution in [3.05, 3.63) is 23.8 Å². The second kappa shape index (κ2) is 5.21. The van der Waals surface area contributed by atoms with E-state index in [0.717, 1.165) is 5.56 Å². The van der Waals surface area contributed by atoms with Crippen LogP contribution in [0, 0.1) is 6.92 Å². The van der Waals surface area contributed by atoms with E-state index in [1.807, 2.05) is 6.92 Å². The maximum Gasteiger partial charge on any atom is 0.243 e. The van der Waals surface area contributed by atoms with E-state index in [2.05, 4.69) is 0 Å². The van der Waals surface area contributed by atoms with Gasteiger partial charge in [-0.05, 0) is 44.0 Å². The van der Waals surface area contributed by atoms with Crippen LogP contribution in [0.4, 0.5) is 0 Å². The highest BCUT2D eigenvalue weighted by Crippen LogP contribution is 2.37. The van der Waals surface area contributed by atoms with Crippen molar-refractivity contribution in [2.24, 2.45) is 0 Å². The number of hydrogen-bond donors (Lipinski definition) is 0. The Kier molecular flexibility index (Phi) is 3.73. The number of nitrogens with zero attached hydrogens (tertiary/aromatic N) is 1. The molecule has 2 aliphatic rings. The molecular formula is C14H19NO5S2. The summed E-state index contributed by atoms with van der Waals surface area (Å²) in [5.41, 5.74) is 0.750. The fourth-order valence-corrected chi connectivity index (χ4v) is 7.17. The summed E-state index contributed by atoms with van der Waals surface area (Å²) in [5.74, 6) is 0.597. The Bertz CT molecular complexity index is 801. The molecule has 3 rings (SSSR count). The lowest BCUT2D eigenvalue weighted by molar-refractivity contribution is 0.337. The average Bonchev–Trinajstić information content (AvgIpc) is 2.97. The molecule has 8 heteroatoms. The molecule has 0 radical (unpaired) electrons. The summed E-state index contributed by atoms with van der Waals surface area (Å²) < 4.78 is 55.8. The molecule has 0 amide bonds. The number of ether oxygens (including phenoxy) is 1. The maximum atomic E-state index is 12.7. The molecule has 122 valence electrons. The van der Waals surface area contributed by atoms with Crippen molar-refractivity contribution in [3.63, 3.8) is 0 Å². The molecule has 2 fully saturated rings. The van der Waals surface area contributed by atoms with Crippen LogP contribution >= 0.6 is 0 Å². The molecule has 0 aromatic heterocycles. The van der Waals surface area contributed by atoms with Gasteiger partial charge in [0.2, 0.25) is 10.0 Å². The number of hydrogen-bond acceptors (Lipinski definition) is 5. The molecule has 0 spiro atoms. The van der Waals surface area contributed by atoms with Crippen LogP contribution in [0.1, 0.15) is 18.9 Å². The standard InChI is InChI=1S/C14H19NO5S2/c1-3-20-14-5-4-12(6-10(14)2)22(18,19)15-8-13-7-11(15)9-21(13,16)17/h4-6,11,13H,3,7-9H2,1-2H3. The molecule has 22 heavy (non-hydrogen) atoms. The molecule has 6 nitrogen and oxygen atoms in total. The predicted octanol–water partition coefficient (Wildman–Crippen LogP) is 0.954. The molecule has 0 saturated carbocycles. The molecule has 2 saturated heterocycles. The quantitative estimate of drug-likeness (QED) is 0.812. The van der Waals surface area contributed by atoms with E-state index >= 15 is 0 Å². The Balaban J connectivity index is 1.90. The van der Waals surface area contributed by atoms with Crippen LogP contribution in [0.25, 0.3) is 0 Å². The lowest BCUT2D eigenvalue weighted by Gasteiger charge is -2.26. The van der Waals surface area contributed by atoms with Crippen molar-refractivity contribution in [3.8, 4) is 5.75 Å². The van der Waals surface area contributed by atoms with E-state index in [1.54, 1.807) is 19.1 Å². The third kappa shape index (κ3) is 2.43. The summed E-state index contributed by atoms with van der Waals surface area (Å²) in [7, 11) is -6.77. The summed E-state index contributed by atoms with van der Waals surface area (Å²) in [6, 6.07) is 4.33. The van der Waals surface area contributed by atoms with Crippen molar-refractivity contribution in [1.82, 2.24) is 4.31 Å². The van der Waals surface area contributed by atoms with E-state index in [9.17, 15) is 16.8 Å². The number of aryl methyl sites for hydroxylation is 1. The first-order valence-electron chi connectivity index (χ1n) is 7.22. The normalized spacial score (nSPS) is 27.2. The zero-order valence-corrected chi connectivity index (χ0v) is 14.2. The average molecular weight is 345 g/mol. The Morgan fingerprint density at radius 3 is 2.59 bits per heavy atom. The van der Waals surface area contributed by atoms with Crippen molar-refractivity contribution in [1.29, 1.82) is 0 Å². The van der Waals surface area contributed by atoms with E-state index in [0.29, 0.717) is 18.8 Å². The van der Waals surface area contributed by atoms with Crippen LogP contribution in [0.3, 0.4) is 0 Å². The number of sulfone groups is 1. The smallest absolute Gasteiger partial charge is 0.243 e. The van der Waals surface area contributed by atoms with E-state index < -0.39 is 31.2 Å². The van der Waals surface area contributed by atoms with Crippen LogP contribution in [0.15, 0.2) is 23.1 Å². The Morgan fingerprint density at radius 1 is 1.36 bits per heavy atom. The van der Waals surface area contributed by atoms with Crippen molar-refractivity contribution >= 4 is 19.9 Å². The molecule has 2 atom stereocenters. The zero-order valence-electron chi connectivity index (χ0n) is 12.5. The number of rotatable bonds is 4. The van der Waals surface area contributed by atoms with Crippen LogP contribution < -0.4 is 4.74 Å². The molecule has 2 heterocycles. The molecule has 2 aliphatic heterocycles. The van der Waals surface area contributed by atoms with Gasteiger partial charge in [0.15, 0.2) is 9.84 Å². The lowest BCUT2D eigenvalue weighted by Crippen LogP contribution is -2.43. The molecular weight excluding hydrogens is 326 g/mol. The number of benzene rings is 1. The highest BCUT2D eigenvalue weighted by Gasteiger charge is 2.52. The largest absolute Gasteiger partial charge is 0.494 e. The van der Waals surface area contributed by atoms with Gasteiger partial charge in [-0.2, -0.15) is 4.31 Å². The highest BCUT2D eigenvalue weighted by molar-refractivity contribution is 7.93. The molecule has 0 N–H and O–H groups in total. The fourth-order valence-electron chi connectivity index (χ4n) is 3.19. The topological polar surface area (TPSA) is 80.8 Å². The van der Waals surface area contributed by atoms with Gasteiger partial charge in [-0.3, -0.25) is 0 Å². The van der Waals surface area contributed by atoms with Gasteiger partial charge >= 0.3 is 0 Å². The third-order valence-corrected chi connectivity index (χ3v) is 8.43. The molecule has 2 bridgehead atoms. The first kappa shape index (κ1) is 15.8. The second-order valence-corrected chi connectivity index (χ2v) is 9.99. The summed E-state index contributed by atoms with van der Waals surface area (Å²) in [6.07, 6.45) is 0.414. The fraction of sp³-hybridized carbons (Fsp3) is 0.571. The van der Waals surface area contributed by atoms with Crippen molar-refractivity contribution < 1.29 is 21.6 Å².